The Hall–Kier alpha value is -2.74. The molecule has 116 valence electrons. The van der Waals surface area contributed by atoms with E-state index in [1.165, 1.54) is 17.7 Å². The van der Waals surface area contributed by atoms with Gasteiger partial charge in [0.25, 0.3) is 5.56 Å². The van der Waals surface area contributed by atoms with Crippen LogP contribution in [0.3, 0.4) is 0 Å². The van der Waals surface area contributed by atoms with Gasteiger partial charge in [-0.2, -0.15) is 0 Å². The van der Waals surface area contributed by atoms with Gasteiger partial charge in [0.2, 0.25) is 0 Å². The zero-order valence-electron chi connectivity index (χ0n) is 12.6. The molecule has 0 radical (unpaired) electrons. The summed E-state index contributed by atoms with van der Waals surface area (Å²) in [4.78, 5) is 28.6. The Morgan fingerprint density at radius 2 is 2.17 bits per heavy atom. The summed E-state index contributed by atoms with van der Waals surface area (Å²) in [5.41, 5.74) is 1.33. The van der Waals surface area contributed by atoms with Crippen molar-refractivity contribution in [3.8, 4) is 0 Å². The van der Waals surface area contributed by atoms with E-state index in [0.29, 0.717) is 10.2 Å². The predicted molar refractivity (Wildman–Crippen MR) is 92.7 cm³/mol. The summed E-state index contributed by atoms with van der Waals surface area (Å²) in [6, 6.07) is 0. The second-order valence-electron chi connectivity index (χ2n) is 5.35. The van der Waals surface area contributed by atoms with E-state index in [1.54, 1.807) is 10.9 Å². The number of dihydropyridines is 1. The molecular weight excluding hydrogens is 312 g/mol. The Morgan fingerprint density at radius 3 is 2.91 bits per heavy atom. The van der Waals surface area contributed by atoms with E-state index < -0.39 is 0 Å². The molecule has 0 aliphatic carbocycles. The zero-order chi connectivity index (χ0) is 16.0. The van der Waals surface area contributed by atoms with E-state index in [2.05, 4.69) is 20.3 Å². The first-order valence-electron chi connectivity index (χ1n) is 7.09. The van der Waals surface area contributed by atoms with Gasteiger partial charge in [0, 0.05) is 26.8 Å². The highest BCUT2D eigenvalue weighted by atomic mass is 32.1. The lowest BCUT2D eigenvalue weighted by atomic mass is 10.3. The fraction of sp³-hybridized carbons (Fsp3) is 0.200. The summed E-state index contributed by atoms with van der Waals surface area (Å²) in [5, 5.41) is 3.92. The standard InChI is InChI=1S/C15H14N6OS/c1-20(2)13-10-11-12(23-14(10)18-7-17-13)15(22)21(8-19-11)9-4-3-5-16-6-9/h3-4,6-8,16H,5H2,1-2H3. The lowest BCUT2D eigenvalue weighted by Gasteiger charge is -2.12. The first-order valence-corrected chi connectivity index (χ1v) is 7.91. The van der Waals surface area contributed by atoms with Crippen LogP contribution in [0.5, 0.6) is 0 Å². The van der Waals surface area contributed by atoms with E-state index in [-0.39, 0.29) is 5.56 Å². The van der Waals surface area contributed by atoms with Gasteiger partial charge < -0.3 is 10.2 Å². The molecule has 0 spiro atoms. The van der Waals surface area contributed by atoms with E-state index in [9.17, 15) is 4.79 Å². The van der Waals surface area contributed by atoms with Gasteiger partial charge >= 0.3 is 0 Å². The fourth-order valence-corrected chi connectivity index (χ4v) is 3.60. The van der Waals surface area contributed by atoms with Crippen molar-refractivity contribution in [2.24, 2.45) is 0 Å². The first-order chi connectivity index (χ1) is 11.2. The number of allylic oxidation sites excluding steroid dienone is 2. The van der Waals surface area contributed by atoms with Crippen LogP contribution in [-0.2, 0) is 0 Å². The molecule has 0 bridgehead atoms. The summed E-state index contributed by atoms with van der Waals surface area (Å²) < 4.78 is 2.13. The molecule has 0 unspecified atom stereocenters. The minimum atomic E-state index is -0.0951. The molecule has 0 saturated carbocycles. The lowest BCUT2D eigenvalue weighted by molar-refractivity contribution is 0.924. The largest absolute Gasteiger partial charge is 0.386 e. The maximum absolute atomic E-state index is 12.8. The van der Waals surface area contributed by atoms with Gasteiger partial charge in [-0.25, -0.2) is 15.0 Å². The molecule has 0 fully saturated rings. The third-order valence-electron chi connectivity index (χ3n) is 3.63. The second-order valence-corrected chi connectivity index (χ2v) is 6.35. The second kappa shape index (κ2) is 5.17. The quantitative estimate of drug-likeness (QED) is 0.768. The van der Waals surface area contributed by atoms with E-state index in [1.807, 2.05) is 37.3 Å². The summed E-state index contributed by atoms with van der Waals surface area (Å²) >= 11 is 1.35. The van der Waals surface area contributed by atoms with Crippen LogP contribution in [-0.4, -0.2) is 40.2 Å². The molecular formula is C15H14N6OS. The molecule has 4 rings (SSSR count). The van der Waals surface area contributed by atoms with Crippen LogP contribution < -0.4 is 15.8 Å². The minimum Gasteiger partial charge on any atom is -0.386 e. The van der Waals surface area contributed by atoms with Crippen LogP contribution >= 0.6 is 11.3 Å². The summed E-state index contributed by atoms with van der Waals surface area (Å²) in [6.07, 6.45) is 8.76. The molecule has 3 aromatic heterocycles. The molecule has 0 atom stereocenters. The predicted octanol–water partition coefficient (Wildman–Crippen LogP) is 1.42. The zero-order valence-corrected chi connectivity index (χ0v) is 13.5. The summed E-state index contributed by atoms with van der Waals surface area (Å²) in [6.45, 7) is 0.762. The highest BCUT2D eigenvalue weighted by Gasteiger charge is 2.18. The average Bonchev–Trinajstić information content (AvgIpc) is 2.95. The topological polar surface area (TPSA) is 75.9 Å². The molecule has 7 nitrogen and oxygen atoms in total. The van der Waals surface area contributed by atoms with E-state index in [0.717, 1.165) is 28.3 Å². The molecule has 1 N–H and O–H groups in total. The Kier molecular flexibility index (Phi) is 3.12. The number of nitrogens with one attached hydrogen (secondary N) is 1. The number of thiophene rings is 1. The molecule has 3 aromatic rings. The maximum atomic E-state index is 12.8. The number of aromatic nitrogens is 4. The first kappa shape index (κ1) is 13.9. The van der Waals surface area contributed by atoms with Gasteiger partial charge in [-0.1, -0.05) is 6.08 Å². The van der Waals surface area contributed by atoms with Crippen molar-refractivity contribution >= 4 is 43.3 Å². The van der Waals surface area contributed by atoms with Crippen molar-refractivity contribution in [3.63, 3.8) is 0 Å². The molecule has 23 heavy (non-hydrogen) atoms. The van der Waals surface area contributed by atoms with Gasteiger partial charge in [-0.3, -0.25) is 9.36 Å². The number of anilines is 1. The number of rotatable bonds is 2. The van der Waals surface area contributed by atoms with E-state index >= 15 is 0 Å². The minimum absolute atomic E-state index is 0.0951. The maximum Gasteiger partial charge on any atom is 0.276 e. The molecule has 4 heterocycles. The molecule has 0 amide bonds. The van der Waals surface area contributed by atoms with Gasteiger partial charge in [-0.05, 0) is 6.08 Å². The number of fused-ring (bicyclic) bond motifs is 3. The van der Waals surface area contributed by atoms with Crippen LogP contribution in [0, 0.1) is 0 Å². The van der Waals surface area contributed by atoms with Crippen LogP contribution in [0.1, 0.15) is 0 Å². The lowest BCUT2D eigenvalue weighted by Crippen LogP contribution is -2.21. The highest BCUT2D eigenvalue weighted by Crippen LogP contribution is 2.33. The molecule has 1 aliphatic rings. The van der Waals surface area contributed by atoms with Crippen LogP contribution in [0.2, 0.25) is 0 Å². The van der Waals surface area contributed by atoms with Crippen molar-refractivity contribution < 1.29 is 0 Å². The van der Waals surface area contributed by atoms with Crippen molar-refractivity contribution in [3.05, 3.63) is 41.4 Å². The van der Waals surface area contributed by atoms with Crippen LogP contribution in [0.15, 0.2) is 35.8 Å². The molecule has 0 saturated heterocycles. The van der Waals surface area contributed by atoms with Crippen molar-refractivity contribution in [2.45, 2.75) is 0 Å². The summed E-state index contributed by atoms with van der Waals surface area (Å²) in [5.74, 6) is 0.768. The van der Waals surface area contributed by atoms with Gasteiger partial charge in [-0.15, -0.1) is 11.3 Å². The van der Waals surface area contributed by atoms with Gasteiger partial charge in [0.15, 0.2) is 0 Å². The number of nitrogens with zero attached hydrogens (tertiary/aromatic N) is 5. The SMILES string of the molecule is CN(C)c1ncnc2sc3c(=O)n(C4=CNCC=C4)cnc3c12. The third kappa shape index (κ3) is 2.10. The Bertz CT molecular complexity index is 1030. The highest BCUT2D eigenvalue weighted by molar-refractivity contribution is 7.25. The fourth-order valence-electron chi connectivity index (χ4n) is 2.58. The Balaban J connectivity index is 2.04. The van der Waals surface area contributed by atoms with Crippen molar-refractivity contribution in [1.29, 1.82) is 0 Å². The Morgan fingerprint density at radius 1 is 1.30 bits per heavy atom. The number of hydrogen-bond donors (Lipinski definition) is 1. The van der Waals surface area contributed by atoms with E-state index in [4.69, 9.17) is 0 Å². The van der Waals surface area contributed by atoms with Gasteiger partial charge in [0.1, 0.15) is 33.5 Å². The van der Waals surface area contributed by atoms with Gasteiger partial charge in [0.05, 0.1) is 11.1 Å². The smallest absolute Gasteiger partial charge is 0.276 e. The normalized spacial score (nSPS) is 14.1. The summed E-state index contributed by atoms with van der Waals surface area (Å²) in [7, 11) is 3.83. The molecule has 1 aliphatic heterocycles. The monoisotopic (exact) mass is 326 g/mol. The molecule has 0 aromatic carbocycles. The Labute approximate surface area is 135 Å². The molecule has 8 heteroatoms. The van der Waals surface area contributed by atoms with Crippen molar-refractivity contribution in [1.82, 2.24) is 24.8 Å². The third-order valence-corrected chi connectivity index (χ3v) is 4.71. The van der Waals surface area contributed by atoms with Crippen LogP contribution in [0.25, 0.3) is 26.1 Å². The van der Waals surface area contributed by atoms with Crippen LogP contribution in [0.4, 0.5) is 5.82 Å². The average molecular weight is 326 g/mol. The number of hydrogen-bond acceptors (Lipinski definition) is 7. The van der Waals surface area contributed by atoms with Crippen molar-refractivity contribution in [2.75, 3.05) is 25.5 Å².